The van der Waals surface area contributed by atoms with Crippen molar-refractivity contribution in [3.63, 3.8) is 0 Å². The third-order valence-electron chi connectivity index (χ3n) is 14.8. The zero-order valence-corrected chi connectivity index (χ0v) is 39.7. The van der Waals surface area contributed by atoms with Crippen molar-refractivity contribution in [2.75, 3.05) is 48.9 Å². The molecule has 2 aromatic carbocycles. The molecule has 5 heterocycles. The lowest BCUT2D eigenvalue weighted by Crippen LogP contribution is -2.54. The van der Waals surface area contributed by atoms with E-state index in [2.05, 4.69) is 63.4 Å². The van der Waals surface area contributed by atoms with Crippen molar-refractivity contribution in [3.8, 4) is 11.5 Å². The topological polar surface area (TPSA) is 205 Å². The maximum Gasteiger partial charge on any atom is 0.312 e. The highest BCUT2D eigenvalue weighted by atomic mass is 32.2. The highest BCUT2D eigenvalue weighted by molar-refractivity contribution is 7.92. The van der Waals surface area contributed by atoms with Crippen molar-refractivity contribution in [1.82, 2.24) is 24.6 Å². The predicted octanol–water partition coefficient (Wildman–Crippen LogP) is 8.94. The molecule has 5 aromatic rings. The number of piperidine rings is 1. The Balaban J connectivity index is 0.819. The summed E-state index contributed by atoms with van der Waals surface area (Å²) in [5.74, 6) is 0.379. The second kappa shape index (κ2) is 18.1. The second-order valence-electron chi connectivity index (χ2n) is 19.8. The molecule has 3 saturated carbocycles. The molecule has 3 aliphatic carbocycles. The summed E-state index contributed by atoms with van der Waals surface area (Å²) in [6, 6.07) is 20.0. The summed E-state index contributed by atoms with van der Waals surface area (Å²) in [6.45, 7) is 3.23. The van der Waals surface area contributed by atoms with Gasteiger partial charge in [-0.15, -0.1) is 0 Å². The van der Waals surface area contributed by atoms with Crippen LogP contribution in [0.15, 0.2) is 88.5 Å². The summed E-state index contributed by atoms with van der Waals surface area (Å²) in [6.07, 6.45) is 20.3. The number of nitro groups is 1. The molecule has 2 aliphatic heterocycles. The van der Waals surface area contributed by atoms with E-state index in [0.717, 1.165) is 80.9 Å². The Hall–Kier alpha value is -5.59. The van der Waals surface area contributed by atoms with Crippen molar-refractivity contribution in [3.05, 3.63) is 106 Å². The van der Waals surface area contributed by atoms with Gasteiger partial charge in [-0.3, -0.25) is 24.0 Å². The van der Waals surface area contributed by atoms with Gasteiger partial charge in [0.1, 0.15) is 22.0 Å². The van der Waals surface area contributed by atoms with E-state index >= 15 is 0 Å². The lowest BCUT2D eigenvalue weighted by Gasteiger charge is -2.56. The summed E-state index contributed by atoms with van der Waals surface area (Å²) < 4.78 is 52.6. The van der Waals surface area contributed by atoms with Crippen LogP contribution in [-0.4, -0.2) is 94.1 Å². The summed E-state index contributed by atoms with van der Waals surface area (Å²) in [5, 5.41) is 16.0. The molecule has 16 nitrogen and oxygen atoms in total. The van der Waals surface area contributed by atoms with E-state index < -0.39 is 41.2 Å². The van der Waals surface area contributed by atoms with Crippen LogP contribution < -0.4 is 19.7 Å². The molecule has 0 bridgehead atoms. The third kappa shape index (κ3) is 9.88. The monoisotopic (exact) mass is 949 g/mol. The Morgan fingerprint density at radius 3 is 2.42 bits per heavy atom. The maximum atomic E-state index is 14.0. The lowest BCUT2D eigenvalue weighted by molar-refractivity contribution is -0.384. The van der Waals surface area contributed by atoms with E-state index in [-0.39, 0.29) is 29.1 Å². The number of hydrogen-bond donors (Lipinski definition) is 3. The number of carbonyl (C=O) groups is 1. The number of benzene rings is 2. The number of ether oxygens (including phenoxy) is 1. The van der Waals surface area contributed by atoms with Gasteiger partial charge in [-0.1, -0.05) is 24.3 Å². The maximum absolute atomic E-state index is 14.0. The number of fused-ring (bicyclic) bond motifs is 1. The van der Waals surface area contributed by atoms with Gasteiger partial charge >= 0.3 is 5.69 Å². The number of aromatic nitrogens is 3. The molecular formula is C49H59N9O7S2. The highest BCUT2D eigenvalue weighted by Crippen LogP contribution is 2.55. The molecule has 2 saturated heterocycles. The molecule has 67 heavy (non-hydrogen) atoms. The number of hydrogen-bond acceptors (Lipinski definition) is 13. The average molecular weight is 950 g/mol. The van der Waals surface area contributed by atoms with Crippen LogP contribution in [-0.2, 0) is 19.8 Å². The standard InChI is InChI=1S/C49H59N9O7S2/c1-66(2,62)54-35-13-9-32(10-14-35)29-51-47-44(58(60)61)26-39(31-53-47)67(63,64)55-48(59)42-16-15-36(25-45(42)65-38-24-34-17-20-50-46(34)52-30-38)56-22-18-49(19-23-56)27-37(28-49)57-21-5-8-43(57)41-7-4-3-6-40(41)33-11-12-33/h3-4,6-7,15-17,20,24-26,30-33,35,37,43H,5,8-14,18-19,21-23,27-29H2,1-2H3,(H,50,52)(H,51,53)(H,55,59)/t32?,35?,43-/m1/s1. The van der Waals surface area contributed by atoms with Gasteiger partial charge in [0.15, 0.2) is 0 Å². The minimum atomic E-state index is -4.64. The number of sulfonamides is 1. The molecule has 5 aliphatic rings. The van der Waals surface area contributed by atoms with Crippen LogP contribution in [0.4, 0.5) is 17.2 Å². The molecule has 3 aromatic heterocycles. The van der Waals surface area contributed by atoms with Crippen molar-refractivity contribution in [2.24, 2.45) is 15.7 Å². The molecule has 18 heteroatoms. The summed E-state index contributed by atoms with van der Waals surface area (Å²) in [5.41, 5.74) is 4.38. The van der Waals surface area contributed by atoms with Gasteiger partial charge in [-0.05, 0) is 136 Å². The van der Waals surface area contributed by atoms with Gasteiger partial charge < -0.3 is 19.9 Å². The van der Waals surface area contributed by atoms with Crippen LogP contribution in [0.2, 0.25) is 0 Å². The van der Waals surface area contributed by atoms with Crippen molar-refractivity contribution < 1.29 is 27.1 Å². The molecule has 354 valence electrons. The van der Waals surface area contributed by atoms with E-state index in [1.165, 1.54) is 51.3 Å². The number of nitrogens with one attached hydrogen (secondary N) is 3. The number of rotatable bonds is 14. The van der Waals surface area contributed by atoms with Crippen LogP contribution in [0.1, 0.15) is 110 Å². The Morgan fingerprint density at radius 2 is 1.69 bits per heavy atom. The Labute approximate surface area is 392 Å². The fraction of sp³-hybridized carbons (Fsp3) is 0.490. The van der Waals surface area contributed by atoms with E-state index in [0.29, 0.717) is 35.4 Å². The van der Waals surface area contributed by atoms with Crippen molar-refractivity contribution >= 4 is 53.9 Å². The Kier molecular flexibility index (Phi) is 12.2. The summed E-state index contributed by atoms with van der Waals surface area (Å²) in [4.78, 5) is 41.7. The first-order chi connectivity index (χ1) is 32.2. The molecule has 0 radical (unpaired) electrons. The van der Waals surface area contributed by atoms with E-state index in [9.17, 15) is 27.5 Å². The van der Waals surface area contributed by atoms with Crippen molar-refractivity contribution in [1.29, 1.82) is 0 Å². The van der Waals surface area contributed by atoms with Gasteiger partial charge in [-0.2, -0.15) is 0 Å². The number of nitrogens with zero attached hydrogens (tertiary/aromatic N) is 6. The zero-order valence-electron chi connectivity index (χ0n) is 38.1. The average Bonchev–Trinajstić information content (AvgIpc) is 3.84. The van der Waals surface area contributed by atoms with Crippen LogP contribution in [0.5, 0.6) is 11.5 Å². The number of likely N-dealkylation sites (tertiary alicyclic amines) is 1. The fourth-order valence-corrected chi connectivity index (χ4v) is 13.1. The first kappa shape index (κ1) is 45.2. The number of amides is 1. The van der Waals surface area contributed by atoms with Gasteiger partial charge in [0.25, 0.3) is 15.9 Å². The third-order valence-corrected chi connectivity index (χ3v) is 16.9. The SMILES string of the molecule is CS(C)(=O)=NC1CCC(CNc2ncc(S(=O)(=O)NC(=O)c3ccc(N4CCC5(CC4)CC(N4CCC[C@@H]4c4ccccc4C4CC4)C5)cc3Oc3cnc4[nH]ccc4c3)cc2[N+](=O)[O-])CC1. The summed E-state index contributed by atoms with van der Waals surface area (Å²) in [7, 11) is -6.84. The first-order valence-corrected chi connectivity index (χ1v) is 27.5. The van der Waals surface area contributed by atoms with Crippen LogP contribution in [0.25, 0.3) is 11.0 Å². The quantitative estimate of drug-likeness (QED) is 0.0705. The number of carbonyl (C=O) groups excluding carboxylic acids is 1. The molecule has 5 fully saturated rings. The van der Waals surface area contributed by atoms with Crippen LogP contribution in [0.3, 0.4) is 0 Å². The molecule has 0 unspecified atom stereocenters. The molecule has 1 spiro atoms. The molecule has 3 N–H and O–H groups in total. The van der Waals surface area contributed by atoms with Gasteiger partial charge in [0, 0.05) is 83.4 Å². The second-order valence-corrected chi connectivity index (χ2v) is 24.0. The van der Waals surface area contributed by atoms with E-state index in [1.807, 2.05) is 12.1 Å². The van der Waals surface area contributed by atoms with Crippen LogP contribution >= 0.6 is 0 Å². The van der Waals surface area contributed by atoms with Crippen LogP contribution in [0, 0.1) is 21.4 Å². The van der Waals surface area contributed by atoms with E-state index in [1.54, 1.807) is 48.0 Å². The summed E-state index contributed by atoms with van der Waals surface area (Å²) >= 11 is 0. The fourth-order valence-electron chi connectivity index (χ4n) is 11.2. The molecule has 10 rings (SSSR count). The zero-order chi connectivity index (χ0) is 46.5. The number of aromatic amines is 1. The highest BCUT2D eigenvalue weighted by Gasteiger charge is 2.50. The Bertz CT molecular complexity index is 2920. The normalized spacial score (nSPS) is 22.4. The first-order valence-electron chi connectivity index (χ1n) is 23.7. The Morgan fingerprint density at radius 1 is 0.925 bits per heavy atom. The predicted molar refractivity (Wildman–Crippen MR) is 259 cm³/mol. The largest absolute Gasteiger partial charge is 0.455 e. The minimum absolute atomic E-state index is 0.0229. The molecular weight excluding hydrogens is 891 g/mol. The molecule has 1 amide bonds. The minimum Gasteiger partial charge on any atom is -0.455 e. The molecule has 1 atom stereocenters. The number of anilines is 2. The van der Waals surface area contributed by atoms with Gasteiger partial charge in [0.2, 0.25) is 5.82 Å². The lowest BCUT2D eigenvalue weighted by atomic mass is 9.59. The number of pyridine rings is 2. The number of H-pyrrole nitrogens is 1. The van der Waals surface area contributed by atoms with Crippen molar-refractivity contribution in [2.45, 2.75) is 106 Å². The smallest absolute Gasteiger partial charge is 0.312 e. The van der Waals surface area contributed by atoms with E-state index in [4.69, 9.17) is 4.74 Å². The van der Waals surface area contributed by atoms with Gasteiger partial charge in [0.05, 0.1) is 28.9 Å². The van der Waals surface area contributed by atoms with Gasteiger partial charge in [-0.25, -0.2) is 27.5 Å².